The van der Waals surface area contributed by atoms with Crippen molar-refractivity contribution in [3.63, 3.8) is 0 Å². The SMILES string of the molecule is C.CC(C)(C)OC(=O)N1CCC[C@H](C(=O)O)C1.[2H]C([2H])(NS(C)(=O)=O)[C@H]1CCCN(C(=O)OC(C)(C)C)C1.[2H]C([2H])(O)[C@H]1CCCN(C(=O)OC(C)(C)C)C1. The summed E-state index contributed by atoms with van der Waals surface area (Å²) in [7, 11) is -3.66. The Hall–Kier alpha value is -2.85. The van der Waals surface area contributed by atoms with Gasteiger partial charge in [0.25, 0.3) is 0 Å². The summed E-state index contributed by atoms with van der Waals surface area (Å²) < 4.78 is 70.5. The van der Waals surface area contributed by atoms with Crippen molar-refractivity contribution >= 4 is 34.3 Å². The molecule has 0 aromatic rings. The predicted octanol–water partition coefficient (Wildman–Crippen LogP) is 5.16. The molecule has 0 spiro atoms. The molecule has 3 amide bonds. The summed E-state index contributed by atoms with van der Waals surface area (Å²) in [5.74, 6) is -2.44. The lowest BCUT2D eigenvalue weighted by atomic mass is 9.99. The van der Waals surface area contributed by atoms with Gasteiger partial charge in [-0.1, -0.05) is 7.43 Å². The van der Waals surface area contributed by atoms with Gasteiger partial charge >= 0.3 is 24.2 Å². The van der Waals surface area contributed by atoms with Crippen molar-refractivity contribution in [3.8, 4) is 0 Å². The second-order valence-corrected chi connectivity index (χ2v) is 17.5. The van der Waals surface area contributed by atoms with E-state index in [0.717, 1.165) is 12.7 Å². The maximum Gasteiger partial charge on any atom is 0.410 e. The highest BCUT2D eigenvalue weighted by Gasteiger charge is 2.31. The first-order valence-electron chi connectivity index (χ1n) is 19.1. The van der Waals surface area contributed by atoms with Crippen LogP contribution in [-0.4, -0.2) is 133 Å². The van der Waals surface area contributed by atoms with E-state index in [1.165, 1.54) is 14.7 Å². The highest BCUT2D eigenvalue weighted by atomic mass is 32.2. The number of piperidine rings is 3. The summed E-state index contributed by atoms with van der Waals surface area (Å²) in [5, 5.41) is 18.2. The molecule has 3 fully saturated rings. The molecular weight excluding hydrogens is 684 g/mol. The van der Waals surface area contributed by atoms with E-state index in [9.17, 15) is 32.7 Å². The van der Waals surface area contributed by atoms with E-state index in [4.69, 9.17) is 24.8 Å². The van der Waals surface area contributed by atoms with Crippen LogP contribution in [0.4, 0.5) is 14.4 Å². The number of ether oxygens (including phenoxy) is 3. The first kappa shape index (κ1) is 40.9. The number of rotatable bonds is 5. The number of hydrogen-bond acceptors (Lipinski definition) is 10. The van der Waals surface area contributed by atoms with Gasteiger partial charge < -0.3 is 39.1 Å². The number of carbonyl (C=O) groups is 4. The van der Waals surface area contributed by atoms with E-state index in [-0.39, 0.29) is 27.1 Å². The maximum atomic E-state index is 12.0. The first-order chi connectivity index (χ1) is 24.2. The Kier molecular flexibility index (Phi) is 16.8. The molecule has 0 aliphatic carbocycles. The van der Waals surface area contributed by atoms with Crippen molar-refractivity contribution in [3.05, 3.63) is 0 Å². The second-order valence-electron chi connectivity index (χ2n) is 15.8. The van der Waals surface area contributed by atoms with Crippen molar-refractivity contribution < 1.29 is 57.5 Å². The van der Waals surface area contributed by atoms with E-state index >= 15 is 0 Å². The average Bonchev–Trinajstić information content (AvgIpc) is 2.98. The van der Waals surface area contributed by atoms with E-state index in [0.29, 0.717) is 51.7 Å². The van der Waals surface area contributed by atoms with Crippen LogP contribution < -0.4 is 4.72 Å². The molecule has 51 heavy (non-hydrogen) atoms. The number of nitrogens with one attached hydrogen (secondary N) is 1. The Morgan fingerprint density at radius 2 is 1.06 bits per heavy atom. The molecule has 3 atom stereocenters. The zero-order chi connectivity index (χ0) is 42.1. The van der Waals surface area contributed by atoms with Gasteiger partial charge in [-0.15, -0.1) is 0 Å². The quantitative estimate of drug-likeness (QED) is 0.314. The molecule has 15 nitrogen and oxygen atoms in total. The molecule has 300 valence electrons. The zero-order valence-electron chi connectivity index (χ0n) is 35.5. The summed E-state index contributed by atoms with van der Waals surface area (Å²) in [6, 6.07) is 0. The number of nitrogens with zero attached hydrogens (tertiary/aromatic N) is 3. The number of likely N-dealkylation sites (tertiary alicyclic amines) is 3. The smallest absolute Gasteiger partial charge is 0.410 e. The molecule has 3 heterocycles. The minimum atomic E-state index is -3.66. The highest BCUT2D eigenvalue weighted by Crippen LogP contribution is 2.21. The van der Waals surface area contributed by atoms with Crippen LogP contribution in [0.1, 0.15) is 114 Å². The molecule has 3 aliphatic heterocycles. The van der Waals surface area contributed by atoms with Gasteiger partial charge in [0.05, 0.1) is 14.9 Å². The number of carbonyl (C=O) groups excluding carboxylic acids is 3. The Morgan fingerprint density at radius 1 is 0.706 bits per heavy atom. The van der Waals surface area contributed by atoms with Gasteiger partial charge in [0.2, 0.25) is 10.0 Å². The first-order valence-corrected chi connectivity index (χ1v) is 19.0. The molecule has 0 bridgehead atoms. The van der Waals surface area contributed by atoms with E-state index in [1.54, 1.807) is 62.3 Å². The molecule has 0 aromatic heterocycles. The Labute approximate surface area is 312 Å². The molecule has 0 aromatic carbocycles. The third-order valence-corrected chi connectivity index (χ3v) is 7.69. The van der Waals surface area contributed by atoms with Crippen LogP contribution >= 0.6 is 0 Å². The standard InChI is InChI=1S/C12H24N2O4S.C11H19NO4.C11H21NO3.CH4/c1-12(2,3)18-11(15)14-7-5-6-10(9-14)8-13-19(4,16)17;1-11(2,3)16-10(15)12-6-4-5-8(7-12)9(13)14;1-11(2,3)15-10(14)12-6-4-5-9(7-12)8-13;/h10,13H,5-9H2,1-4H3;8H,4-7H2,1-3H3,(H,13,14);9,13H,4-8H2,1-3H3;1H4/t10-;8-;9-;/m100./s1/i8D2;;8D2;. The average molecular weight is 757 g/mol. The monoisotopic (exact) mass is 756 g/mol. The van der Waals surface area contributed by atoms with Crippen molar-refractivity contribution in [1.29, 1.82) is 0 Å². The lowest BCUT2D eigenvalue weighted by Crippen LogP contribution is -2.45. The number of aliphatic carboxylic acids is 1. The van der Waals surface area contributed by atoms with Gasteiger partial charge in [-0.2, -0.15) is 0 Å². The van der Waals surface area contributed by atoms with Crippen LogP contribution in [0, 0.1) is 17.8 Å². The molecule has 16 heteroatoms. The van der Waals surface area contributed by atoms with Crippen LogP contribution in [0.3, 0.4) is 0 Å². The lowest BCUT2D eigenvalue weighted by Gasteiger charge is -2.34. The van der Waals surface area contributed by atoms with Crippen molar-refractivity contribution in [1.82, 2.24) is 19.4 Å². The Bertz CT molecular complexity index is 1380. The highest BCUT2D eigenvalue weighted by molar-refractivity contribution is 7.88. The summed E-state index contributed by atoms with van der Waals surface area (Å²) >= 11 is 0. The molecule has 3 aliphatic rings. The normalized spacial score (nSPS) is 23.1. The number of carboxylic acids is 1. The number of aliphatic hydroxyl groups is 1. The van der Waals surface area contributed by atoms with Gasteiger partial charge in [-0.05, 0) is 113 Å². The summed E-state index contributed by atoms with van der Waals surface area (Å²) in [6.45, 7) is 13.9. The number of sulfonamides is 1. The van der Waals surface area contributed by atoms with Crippen LogP contribution in [0.2, 0.25) is 0 Å². The minimum absolute atomic E-state index is 0. The third kappa shape index (κ3) is 22.0. The van der Waals surface area contributed by atoms with E-state index in [2.05, 4.69) is 0 Å². The Morgan fingerprint density at radius 3 is 1.41 bits per heavy atom. The van der Waals surface area contributed by atoms with Gasteiger partial charge in [0.15, 0.2) is 0 Å². The number of amides is 3. The molecule has 3 rings (SSSR count). The summed E-state index contributed by atoms with van der Waals surface area (Å²) in [6.07, 6.45) is 3.30. The zero-order valence-corrected chi connectivity index (χ0v) is 32.4. The fourth-order valence-electron chi connectivity index (χ4n) is 5.02. The van der Waals surface area contributed by atoms with Crippen molar-refractivity contribution in [2.75, 3.05) is 58.6 Å². The number of carboxylic acid groups (broad SMARTS) is 1. The van der Waals surface area contributed by atoms with E-state index in [1.807, 2.05) is 4.72 Å². The molecule has 0 saturated carbocycles. The minimum Gasteiger partial charge on any atom is -0.481 e. The lowest BCUT2D eigenvalue weighted by molar-refractivity contribution is -0.143. The summed E-state index contributed by atoms with van der Waals surface area (Å²) in [5.41, 5.74) is -1.70. The van der Waals surface area contributed by atoms with Gasteiger partial charge in [0.1, 0.15) is 16.8 Å². The van der Waals surface area contributed by atoms with Crippen LogP contribution in [0.15, 0.2) is 0 Å². The van der Waals surface area contributed by atoms with Gasteiger partial charge in [0, 0.05) is 55.1 Å². The van der Waals surface area contributed by atoms with Gasteiger partial charge in [-0.3, -0.25) is 4.79 Å². The largest absolute Gasteiger partial charge is 0.481 e. The third-order valence-electron chi connectivity index (χ3n) is 7.20. The fraction of sp³-hybridized carbons (Fsp3) is 0.886. The molecule has 3 N–H and O–H groups in total. The molecular formula is C35H68N4O11S. The Balaban J connectivity index is 0.000000797. The molecule has 3 saturated heterocycles. The van der Waals surface area contributed by atoms with Crippen molar-refractivity contribution in [2.24, 2.45) is 17.8 Å². The van der Waals surface area contributed by atoms with Crippen LogP contribution in [0.5, 0.6) is 0 Å². The fourth-order valence-corrected chi connectivity index (χ4v) is 5.40. The summed E-state index contributed by atoms with van der Waals surface area (Å²) in [4.78, 5) is 50.7. The van der Waals surface area contributed by atoms with Gasteiger partial charge in [-0.25, -0.2) is 27.5 Å². The second kappa shape index (κ2) is 21.0. The number of hydrogen-bond donors (Lipinski definition) is 3. The van der Waals surface area contributed by atoms with Crippen LogP contribution in [0.25, 0.3) is 0 Å². The molecule has 0 radical (unpaired) electrons. The van der Waals surface area contributed by atoms with Crippen molar-refractivity contribution in [2.45, 2.75) is 125 Å². The molecule has 0 unspecified atom stereocenters. The maximum absolute atomic E-state index is 12.0. The predicted molar refractivity (Wildman–Crippen MR) is 196 cm³/mol. The van der Waals surface area contributed by atoms with Crippen LogP contribution in [-0.2, 0) is 29.0 Å². The van der Waals surface area contributed by atoms with E-state index < -0.39 is 81.9 Å². The topological polar surface area (TPSA) is 192 Å².